The van der Waals surface area contributed by atoms with Crippen LogP contribution in [0.4, 0.5) is 0 Å². The fraction of sp³-hybridized carbons (Fsp3) is 0.0800. The van der Waals surface area contributed by atoms with E-state index in [0.29, 0.717) is 11.8 Å². The normalized spacial score (nSPS) is 16.8. The molecule has 0 N–H and O–H groups in total. The second kappa shape index (κ2) is 11.6. The molecule has 3 aliphatic carbocycles. The van der Waals surface area contributed by atoms with Crippen LogP contribution in [-0.4, -0.2) is 4.57 Å². The lowest BCUT2D eigenvalue weighted by atomic mass is 9.76. The zero-order valence-corrected chi connectivity index (χ0v) is 28.7. The Hall–Kier alpha value is -6.38. The number of furan rings is 1. The number of rotatable bonds is 5. The number of fused-ring (bicyclic) bond motifs is 7. The molecule has 11 rings (SSSR count). The smallest absolute Gasteiger partial charge is 0.137 e. The van der Waals surface area contributed by atoms with Gasteiger partial charge in [0.15, 0.2) is 0 Å². The summed E-state index contributed by atoms with van der Waals surface area (Å²) in [5.41, 5.74) is 15.6. The van der Waals surface area contributed by atoms with Crippen molar-refractivity contribution in [2.75, 3.05) is 0 Å². The van der Waals surface area contributed by atoms with Crippen molar-refractivity contribution in [1.29, 1.82) is 0 Å². The van der Waals surface area contributed by atoms with Crippen LogP contribution in [0.1, 0.15) is 28.7 Å². The van der Waals surface area contributed by atoms with Gasteiger partial charge in [-0.2, -0.15) is 0 Å². The predicted octanol–water partition coefficient (Wildman–Crippen LogP) is 13.0. The van der Waals surface area contributed by atoms with E-state index in [1.54, 1.807) is 0 Å². The Morgan fingerprint density at radius 2 is 1.33 bits per heavy atom. The van der Waals surface area contributed by atoms with Crippen LogP contribution in [0.3, 0.4) is 0 Å². The summed E-state index contributed by atoms with van der Waals surface area (Å²) in [5.74, 6) is 0.832. The quantitative estimate of drug-likeness (QED) is 0.179. The van der Waals surface area contributed by atoms with Crippen molar-refractivity contribution < 1.29 is 4.42 Å². The average molecular weight is 666 g/mol. The van der Waals surface area contributed by atoms with Crippen molar-refractivity contribution in [2.45, 2.75) is 12.8 Å². The topological polar surface area (TPSA) is 18.1 Å². The molecule has 0 aliphatic heterocycles. The Morgan fingerprint density at radius 3 is 2.15 bits per heavy atom. The summed E-state index contributed by atoms with van der Waals surface area (Å²) in [4.78, 5) is 0. The molecule has 2 nitrogen and oxygen atoms in total. The summed E-state index contributed by atoms with van der Waals surface area (Å²) >= 11 is 0. The number of nitrogens with zero attached hydrogens (tertiary/aromatic N) is 1. The van der Waals surface area contributed by atoms with Crippen LogP contribution in [-0.2, 0) is 6.42 Å². The Morgan fingerprint density at radius 1 is 0.577 bits per heavy atom. The highest BCUT2D eigenvalue weighted by Crippen LogP contribution is 2.44. The van der Waals surface area contributed by atoms with Gasteiger partial charge in [0.1, 0.15) is 11.2 Å². The molecule has 52 heavy (non-hydrogen) atoms. The SMILES string of the molecule is C1=CCC(c2ccc3c4ccc(-c5ccccc5)cc4n(-c4ccc5c(c4)oc4cccc(C6=CC(C7C=CC=C7)Cc7ccccc76)c45)c3c2)=C1. The third-order valence-corrected chi connectivity index (χ3v) is 11.5. The number of aromatic nitrogens is 1. The second-order valence-corrected chi connectivity index (χ2v) is 14.4. The van der Waals surface area contributed by atoms with E-state index in [-0.39, 0.29) is 0 Å². The van der Waals surface area contributed by atoms with Crippen molar-refractivity contribution in [3.8, 4) is 16.8 Å². The summed E-state index contributed by atoms with van der Waals surface area (Å²) in [6.45, 7) is 0. The molecule has 0 radical (unpaired) electrons. The van der Waals surface area contributed by atoms with Gasteiger partial charge in [-0.1, -0.05) is 140 Å². The zero-order chi connectivity index (χ0) is 34.2. The van der Waals surface area contributed by atoms with E-state index < -0.39 is 0 Å². The van der Waals surface area contributed by atoms with Gasteiger partial charge < -0.3 is 8.98 Å². The molecule has 1 atom stereocenters. The first-order valence-corrected chi connectivity index (χ1v) is 18.4. The molecule has 8 aromatic rings. The molecule has 6 aromatic carbocycles. The Kier molecular flexibility index (Phi) is 6.54. The van der Waals surface area contributed by atoms with Gasteiger partial charge in [0, 0.05) is 39.2 Å². The van der Waals surface area contributed by atoms with Crippen LogP contribution in [0.25, 0.3) is 71.7 Å². The largest absolute Gasteiger partial charge is 0.456 e. The van der Waals surface area contributed by atoms with Crippen molar-refractivity contribution in [2.24, 2.45) is 11.8 Å². The van der Waals surface area contributed by atoms with E-state index in [9.17, 15) is 0 Å². The highest BCUT2D eigenvalue weighted by atomic mass is 16.3. The van der Waals surface area contributed by atoms with Crippen molar-refractivity contribution >= 4 is 54.9 Å². The molecule has 0 saturated carbocycles. The molecule has 2 aromatic heterocycles. The van der Waals surface area contributed by atoms with Crippen LogP contribution in [0.5, 0.6) is 0 Å². The average Bonchev–Trinajstić information content (AvgIpc) is 4.03. The maximum atomic E-state index is 6.78. The van der Waals surface area contributed by atoms with E-state index in [4.69, 9.17) is 4.42 Å². The minimum absolute atomic E-state index is 0.414. The maximum absolute atomic E-state index is 6.78. The van der Waals surface area contributed by atoms with Crippen LogP contribution >= 0.6 is 0 Å². The first kappa shape index (κ1) is 29.4. The molecule has 1 unspecified atom stereocenters. The molecular weight excluding hydrogens is 631 g/mol. The third kappa shape index (κ3) is 4.57. The highest BCUT2D eigenvalue weighted by Gasteiger charge is 2.27. The molecule has 3 aliphatic rings. The van der Waals surface area contributed by atoms with Gasteiger partial charge in [-0.25, -0.2) is 0 Å². The molecule has 0 fully saturated rings. The Labute approximate surface area is 302 Å². The molecular formula is C50H35NO. The monoisotopic (exact) mass is 665 g/mol. The minimum atomic E-state index is 0.414. The van der Waals surface area contributed by atoms with Gasteiger partial charge in [0.2, 0.25) is 0 Å². The molecule has 246 valence electrons. The lowest BCUT2D eigenvalue weighted by molar-refractivity contribution is 0.553. The fourth-order valence-corrected chi connectivity index (χ4v) is 8.94. The van der Waals surface area contributed by atoms with Gasteiger partial charge in [-0.3, -0.25) is 0 Å². The van der Waals surface area contributed by atoms with Crippen molar-refractivity contribution in [3.63, 3.8) is 0 Å². The van der Waals surface area contributed by atoms with Crippen molar-refractivity contribution in [1.82, 2.24) is 4.57 Å². The summed E-state index contributed by atoms with van der Waals surface area (Å²) in [7, 11) is 0. The molecule has 2 heterocycles. The molecule has 0 bridgehead atoms. The van der Waals surface area contributed by atoms with Gasteiger partial charge in [-0.15, -0.1) is 0 Å². The fourth-order valence-electron chi connectivity index (χ4n) is 8.94. The van der Waals surface area contributed by atoms with E-state index in [0.717, 1.165) is 35.1 Å². The lowest BCUT2D eigenvalue weighted by Gasteiger charge is -2.27. The van der Waals surface area contributed by atoms with Crippen molar-refractivity contribution in [3.05, 3.63) is 198 Å². The molecule has 0 spiro atoms. The van der Waals surface area contributed by atoms with Crippen LogP contribution < -0.4 is 0 Å². The van der Waals surface area contributed by atoms with E-state index in [1.165, 1.54) is 71.7 Å². The molecule has 0 amide bonds. The molecule has 0 saturated heterocycles. The number of hydrogen-bond acceptors (Lipinski definition) is 1. The zero-order valence-electron chi connectivity index (χ0n) is 28.7. The molecule has 2 heteroatoms. The van der Waals surface area contributed by atoms with E-state index >= 15 is 0 Å². The first-order chi connectivity index (χ1) is 25.8. The summed E-state index contributed by atoms with van der Waals surface area (Å²) in [5, 5.41) is 4.82. The van der Waals surface area contributed by atoms with Gasteiger partial charge in [0.05, 0.1) is 11.0 Å². The summed E-state index contributed by atoms with van der Waals surface area (Å²) in [6, 6.07) is 46.8. The number of benzene rings is 6. The van der Waals surface area contributed by atoms with Gasteiger partial charge in [-0.05, 0) is 93.6 Å². The lowest BCUT2D eigenvalue weighted by Crippen LogP contribution is -2.16. The van der Waals surface area contributed by atoms with E-state index in [1.807, 2.05) is 0 Å². The predicted molar refractivity (Wildman–Crippen MR) is 218 cm³/mol. The summed E-state index contributed by atoms with van der Waals surface area (Å²) < 4.78 is 9.21. The second-order valence-electron chi connectivity index (χ2n) is 14.4. The first-order valence-electron chi connectivity index (χ1n) is 18.4. The third-order valence-electron chi connectivity index (χ3n) is 11.5. The van der Waals surface area contributed by atoms with Gasteiger partial charge >= 0.3 is 0 Å². The number of hydrogen-bond donors (Lipinski definition) is 0. The minimum Gasteiger partial charge on any atom is -0.456 e. The van der Waals surface area contributed by atoms with Crippen LogP contribution in [0.15, 0.2) is 180 Å². The number of allylic oxidation sites excluding steroid dienone is 9. The highest BCUT2D eigenvalue weighted by molar-refractivity contribution is 6.14. The Balaban J connectivity index is 1.12. The Bertz CT molecular complexity index is 2890. The van der Waals surface area contributed by atoms with Gasteiger partial charge in [0.25, 0.3) is 0 Å². The van der Waals surface area contributed by atoms with Crippen LogP contribution in [0.2, 0.25) is 0 Å². The maximum Gasteiger partial charge on any atom is 0.137 e. The summed E-state index contributed by atoms with van der Waals surface area (Å²) in [6.07, 6.45) is 20.2. The standard InChI is InChI=1S/C50H35NO/c1-2-11-32(12-3-1)35-21-24-41-42-25-22-36(33-13-4-5-14-33)30-47(42)51(46(41)29-35)39-23-26-44-49(31-39)52-48-20-10-19-43(50(44)48)45-28-38(34-15-6-7-16-34)27-37-17-8-9-18-40(37)45/h1-13,15-26,28-31,34,38H,14,27H2. The van der Waals surface area contributed by atoms with Crippen LogP contribution in [0, 0.1) is 11.8 Å². The van der Waals surface area contributed by atoms with E-state index in [2.05, 4.69) is 181 Å².